The van der Waals surface area contributed by atoms with Crippen LogP contribution in [0.5, 0.6) is 5.75 Å². The third-order valence-electron chi connectivity index (χ3n) is 5.04. The summed E-state index contributed by atoms with van der Waals surface area (Å²) in [7, 11) is 0. The molecular formula is C26H23FN2O3S. The smallest absolute Gasteiger partial charge is 0.261 e. The zero-order valence-electron chi connectivity index (χ0n) is 17.8. The number of carbonyl (C=O) groups excluding carboxylic acids is 2. The Hall–Kier alpha value is -3.71. The quantitative estimate of drug-likeness (QED) is 0.354. The lowest BCUT2D eigenvalue weighted by molar-refractivity contribution is -0.120. The van der Waals surface area contributed by atoms with Gasteiger partial charge in [-0.05, 0) is 29.8 Å². The van der Waals surface area contributed by atoms with E-state index >= 15 is 0 Å². The topological polar surface area (TPSA) is 67.4 Å². The largest absolute Gasteiger partial charge is 0.489 e. The number of thiophene rings is 1. The van der Waals surface area contributed by atoms with Gasteiger partial charge < -0.3 is 15.4 Å². The summed E-state index contributed by atoms with van der Waals surface area (Å²) in [5.74, 6) is -0.181. The van der Waals surface area contributed by atoms with E-state index in [0.717, 1.165) is 5.56 Å². The lowest BCUT2D eigenvalue weighted by Crippen LogP contribution is -2.35. The van der Waals surface area contributed by atoms with E-state index in [0.29, 0.717) is 32.8 Å². The Bertz CT molecular complexity index is 1240. The number of halogens is 1. The molecule has 0 aliphatic rings. The molecule has 2 amide bonds. The molecule has 0 bridgehead atoms. The van der Waals surface area contributed by atoms with Crippen LogP contribution in [-0.4, -0.2) is 24.9 Å². The first-order chi connectivity index (χ1) is 16.1. The lowest BCUT2D eigenvalue weighted by Gasteiger charge is -2.10. The van der Waals surface area contributed by atoms with Crippen LogP contribution in [0.1, 0.15) is 20.8 Å². The van der Waals surface area contributed by atoms with Crippen molar-refractivity contribution in [2.75, 3.05) is 13.1 Å². The molecule has 4 aromatic rings. The summed E-state index contributed by atoms with van der Waals surface area (Å²) in [6, 6.07) is 23.4. The maximum atomic E-state index is 14.6. The average molecular weight is 463 g/mol. The van der Waals surface area contributed by atoms with Gasteiger partial charge in [0.25, 0.3) is 5.91 Å². The van der Waals surface area contributed by atoms with Gasteiger partial charge in [-0.25, -0.2) is 4.39 Å². The van der Waals surface area contributed by atoms with Crippen LogP contribution in [0.2, 0.25) is 0 Å². The second-order valence-corrected chi connectivity index (χ2v) is 8.44. The highest BCUT2D eigenvalue weighted by Gasteiger charge is 2.21. The van der Waals surface area contributed by atoms with E-state index in [-0.39, 0.29) is 37.2 Å². The second kappa shape index (κ2) is 10.7. The van der Waals surface area contributed by atoms with E-state index in [1.807, 2.05) is 60.7 Å². The minimum atomic E-state index is -0.386. The Morgan fingerprint density at radius 1 is 0.848 bits per heavy atom. The third kappa shape index (κ3) is 5.75. The molecule has 33 heavy (non-hydrogen) atoms. The molecule has 0 saturated heterocycles. The molecule has 168 valence electrons. The number of amides is 2. The van der Waals surface area contributed by atoms with Crippen molar-refractivity contribution in [2.24, 2.45) is 0 Å². The van der Waals surface area contributed by atoms with Crippen molar-refractivity contribution in [1.82, 2.24) is 10.6 Å². The van der Waals surface area contributed by atoms with Crippen LogP contribution in [0.3, 0.4) is 0 Å². The van der Waals surface area contributed by atoms with E-state index in [1.54, 1.807) is 12.1 Å². The molecule has 0 aliphatic carbocycles. The van der Waals surface area contributed by atoms with Crippen molar-refractivity contribution < 1.29 is 18.7 Å². The predicted octanol–water partition coefficient (Wildman–Crippen LogP) is 4.71. The van der Waals surface area contributed by atoms with Crippen LogP contribution in [-0.2, 0) is 17.8 Å². The molecule has 5 nitrogen and oxygen atoms in total. The van der Waals surface area contributed by atoms with Crippen LogP contribution >= 0.6 is 11.3 Å². The number of ether oxygens (including phenoxy) is 1. The van der Waals surface area contributed by atoms with Gasteiger partial charge in [-0.2, -0.15) is 0 Å². The molecule has 0 saturated carbocycles. The zero-order valence-corrected chi connectivity index (χ0v) is 18.7. The van der Waals surface area contributed by atoms with Gasteiger partial charge in [-0.3, -0.25) is 9.59 Å². The van der Waals surface area contributed by atoms with Crippen molar-refractivity contribution >= 4 is 33.2 Å². The van der Waals surface area contributed by atoms with E-state index in [1.165, 1.54) is 17.4 Å². The van der Waals surface area contributed by atoms with Crippen LogP contribution in [0.15, 0.2) is 78.9 Å². The summed E-state index contributed by atoms with van der Waals surface area (Å²) in [4.78, 5) is 25.4. The van der Waals surface area contributed by atoms with Crippen molar-refractivity contribution in [3.8, 4) is 5.75 Å². The fraction of sp³-hybridized carbons (Fsp3) is 0.154. The molecule has 4 rings (SSSR count). The van der Waals surface area contributed by atoms with Crippen molar-refractivity contribution in [2.45, 2.75) is 13.0 Å². The zero-order chi connectivity index (χ0) is 23.0. The maximum absolute atomic E-state index is 14.6. The van der Waals surface area contributed by atoms with Crippen LogP contribution in [0.25, 0.3) is 10.1 Å². The molecule has 0 aliphatic heterocycles. The van der Waals surface area contributed by atoms with Crippen LogP contribution in [0, 0.1) is 5.82 Å². The Morgan fingerprint density at radius 3 is 2.30 bits per heavy atom. The summed E-state index contributed by atoms with van der Waals surface area (Å²) in [5, 5.41) is 6.02. The highest BCUT2D eigenvalue weighted by Crippen LogP contribution is 2.34. The molecular weight excluding hydrogens is 439 g/mol. The van der Waals surface area contributed by atoms with Crippen molar-refractivity contribution in [1.29, 1.82) is 0 Å². The van der Waals surface area contributed by atoms with Gasteiger partial charge in [-0.15, -0.1) is 11.3 Å². The fourth-order valence-corrected chi connectivity index (χ4v) is 4.60. The van der Waals surface area contributed by atoms with Crippen LogP contribution in [0.4, 0.5) is 4.39 Å². The fourth-order valence-electron chi connectivity index (χ4n) is 3.46. The van der Waals surface area contributed by atoms with Gasteiger partial charge in [0, 0.05) is 28.7 Å². The standard InChI is InChI=1S/C26H23FN2O3S/c27-21-12-7-13-22-24(21)20(17-32-19-10-5-2-6-11-19)25(33-22)26(31)29-15-14-28-23(30)16-18-8-3-1-4-9-18/h1-13H,14-17H2,(H,28,30)(H,29,31). The molecule has 0 unspecified atom stereocenters. The third-order valence-corrected chi connectivity index (χ3v) is 6.23. The molecule has 0 spiro atoms. The van der Waals surface area contributed by atoms with Gasteiger partial charge in [0.05, 0.1) is 11.3 Å². The summed E-state index contributed by atoms with van der Waals surface area (Å²) < 4.78 is 21.1. The van der Waals surface area contributed by atoms with E-state index in [4.69, 9.17) is 4.74 Å². The highest BCUT2D eigenvalue weighted by molar-refractivity contribution is 7.21. The summed E-state index contributed by atoms with van der Waals surface area (Å²) in [6.45, 7) is 0.628. The first-order valence-corrected chi connectivity index (χ1v) is 11.4. The monoisotopic (exact) mass is 462 g/mol. The minimum Gasteiger partial charge on any atom is -0.489 e. The molecule has 2 N–H and O–H groups in total. The summed E-state index contributed by atoms with van der Waals surface area (Å²) in [5.41, 5.74) is 1.44. The van der Waals surface area contributed by atoms with Gasteiger partial charge in [-0.1, -0.05) is 54.6 Å². The molecule has 0 radical (unpaired) electrons. The molecule has 0 atom stereocenters. The number of para-hydroxylation sites is 1. The number of benzene rings is 3. The van der Waals surface area contributed by atoms with Gasteiger partial charge in [0.1, 0.15) is 18.2 Å². The van der Waals surface area contributed by atoms with Crippen molar-refractivity contribution in [3.05, 3.63) is 101 Å². The molecule has 0 fully saturated rings. The van der Waals surface area contributed by atoms with Gasteiger partial charge >= 0.3 is 0 Å². The Kier molecular flexibility index (Phi) is 7.32. The lowest BCUT2D eigenvalue weighted by atomic mass is 10.1. The minimum absolute atomic E-state index is 0.0709. The number of carbonyl (C=O) groups is 2. The first kappa shape index (κ1) is 22.5. The van der Waals surface area contributed by atoms with Gasteiger partial charge in [0.2, 0.25) is 5.91 Å². The second-order valence-electron chi connectivity index (χ2n) is 7.39. The number of rotatable bonds is 9. The first-order valence-electron chi connectivity index (χ1n) is 10.6. The normalized spacial score (nSPS) is 10.7. The van der Waals surface area contributed by atoms with Crippen molar-refractivity contribution in [3.63, 3.8) is 0 Å². The van der Waals surface area contributed by atoms with E-state index in [2.05, 4.69) is 10.6 Å². The molecule has 1 heterocycles. The van der Waals surface area contributed by atoms with E-state index < -0.39 is 0 Å². The molecule has 1 aromatic heterocycles. The average Bonchev–Trinajstić information content (AvgIpc) is 3.22. The number of hydrogen-bond donors (Lipinski definition) is 2. The Labute approximate surface area is 195 Å². The highest BCUT2D eigenvalue weighted by atomic mass is 32.1. The SMILES string of the molecule is O=C(Cc1ccccc1)NCCNC(=O)c1sc2cccc(F)c2c1COc1ccccc1. The van der Waals surface area contributed by atoms with Crippen LogP contribution < -0.4 is 15.4 Å². The Balaban J connectivity index is 1.39. The summed E-state index contributed by atoms with van der Waals surface area (Å²) >= 11 is 1.23. The molecule has 3 aromatic carbocycles. The number of nitrogens with one attached hydrogen (secondary N) is 2. The number of fused-ring (bicyclic) bond motifs is 1. The molecule has 7 heteroatoms. The maximum Gasteiger partial charge on any atom is 0.261 e. The predicted molar refractivity (Wildman–Crippen MR) is 128 cm³/mol. The summed E-state index contributed by atoms with van der Waals surface area (Å²) in [6.07, 6.45) is 0.283. The Morgan fingerprint density at radius 2 is 1.55 bits per heavy atom. The van der Waals surface area contributed by atoms with Gasteiger partial charge in [0.15, 0.2) is 0 Å². The number of hydrogen-bond acceptors (Lipinski definition) is 4. The van der Waals surface area contributed by atoms with E-state index in [9.17, 15) is 14.0 Å².